The van der Waals surface area contributed by atoms with E-state index in [1.54, 1.807) is 0 Å². The molecule has 0 N–H and O–H groups in total. The molecule has 0 saturated heterocycles. The molecule has 0 radical (unpaired) electrons. The highest BCUT2D eigenvalue weighted by atomic mass is 19.4. The summed E-state index contributed by atoms with van der Waals surface area (Å²) in [6, 6.07) is 0.449. The van der Waals surface area contributed by atoms with Crippen molar-refractivity contribution in [2.24, 2.45) is 0 Å². The number of aryl methyl sites for hydroxylation is 1. The van der Waals surface area contributed by atoms with E-state index in [4.69, 9.17) is 0 Å². The maximum Gasteiger partial charge on any atom is 0.573 e. The third kappa shape index (κ3) is 3.13. The molecule has 0 aliphatic rings. The summed E-state index contributed by atoms with van der Waals surface area (Å²) >= 11 is 0. The number of nitrogens with zero attached hydrogens (tertiary/aromatic N) is 2. The van der Waals surface area contributed by atoms with Gasteiger partial charge in [-0.3, -0.25) is 4.79 Å². The van der Waals surface area contributed by atoms with Crippen molar-refractivity contribution in [2.75, 3.05) is 0 Å². The van der Waals surface area contributed by atoms with Gasteiger partial charge >= 0.3 is 12.2 Å². The molecule has 1 rings (SSSR count). The second-order valence-corrected chi connectivity index (χ2v) is 2.90. The molecule has 0 aliphatic carbocycles. The minimum Gasteiger partial charge on any atom is -0.405 e. The lowest BCUT2D eigenvalue weighted by molar-refractivity contribution is -0.389. The smallest absolute Gasteiger partial charge is 0.405 e. The van der Waals surface area contributed by atoms with Crippen molar-refractivity contribution >= 4 is 12.1 Å². The van der Waals surface area contributed by atoms with Crippen LogP contribution in [0.4, 0.5) is 19.0 Å². The largest absolute Gasteiger partial charge is 0.573 e. The molecule has 0 spiro atoms. The molecular weight excluding hydrogens is 245 g/mol. The van der Waals surface area contributed by atoms with Crippen LogP contribution in [-0.4, -0.2) is 22.6 Å². The second-order valence-electron chi connectivity index (χ2n) is 2.90. The Hall–Kier alpha value is -2.19. The van der Waals surface area contributed by atoms with Crippen molar-refractivity contribution in [3.05, 3.63) is 27.4 Å². The molecule has 1 aromatic heterocycles. The molecule has 1 heterocycles. The van der Waals surface area contributed by atoms with Gasteiger partial charge in [0, 0.05) is 6.92 Å². The summed E-state index contributed by atoms with van der Waals surface area (Å²) in [5.41, 5.74) is -0.693. The fraction of sp³-hybridized carbons (Fsp3) is 0.250. The molecule has 17 heavy (non-hydrogen) atoms. The number of aldehydes is 1. The molecule has 0 atom stereocenters. The van der Waals surface area contributed by atoms with Gasteiger partial charge in [0.05, 0.1) is 6.07 Å². The van der Waals surface area contributed by atoms with Crippen LogP contribution in [0.25, 0.3) is 0 Å². The summed E-state index contributed by atoms with van der Waals surface area (Å²) < 4.78 is 39.5. The van der Waals surface area contributed by atoms with Gasteiger partial charge in [0.25, 0.3) is 0 Å². The van der Waals surface area contributed by atoms with Crippen LogP contribution in [0.3, 0.4) is 0 Å². The highest BCUT2D eigenvalue weighted by molar-refractivity contribution is 5.81. The Morgan fingerprint density at radius 3 is 2.53 bits per heavy atom. The normalized spacial score (nSPS) is 11.1. The van der Waals surface area contributed by atoms with Crippen molar-refractivity contribution in [3.8, 4) is 5.75 Å². The van der Waals surface area contributed by atoms with Crippen molar-refractivity contribution in [3.63, 3.8) is 0 Å². The van der Waals surface area contributed by atoms with Gasteiger partial charge < -0.3 is 14.9 Å². The van der Waals surface area contributed by atoms with Gasteiger partial charge in [-0.1, -0.05) is 0 Å². The number of hydrogen-bond acceptors (Lipinski definition) is 5. The summed E-state index contributed by atoms with van der Waals surface area (Å²) in [7, 11) is 0. The van der Waals surface area contributed by atoms with Gasteiger partial charge in [0.15, 0.2) is 17.7 Å². The van der Waals surface area contributed by atoms with E-state index in [-0.39, 0.29) is 12.0 Å². The number of pyridine rings is 1. The first-order chi connectivity index (χ1) is 7.74. The minimum absolute atomic E-state index is 0.0904. The summed E-state index contributed by atoms with van der Waals surface area (Å²) in [4.78, 5) is 23.3. The second kappa shape index (κ2) is 4.36. The quantitative estimate of drug-likeness (QED) is 0.465. The zero-order valence-electron chi connectivity index (χ0n) is 8.32. The predicted octanol–water partition coefficient (Wildman–Crippen LogP) is 2.01. The molecule has 0 aliphatic heterocycles. The highest BCUT2D eigenvalue weighted by Crippen LogP contribution is 2.29. The Bertz CT molecular complexity index is 473. The Morgan fingerprint density at radius 1 is 1.53 bits per heavy atom. The molecule has 0 saturated carbocycles. The van der Waals surface area contributed by atoms with E-state index < -0.39 is 28.4 Å². The number of aromatic nitrogens is 1. The average Bonchev–Trinajstić information content (AvgIpc) is 2.14. The van der Waals surface area contributed by atoms with E-state index in [1.165, 1.54) is 6.92 Å². The molecule has 1 aromatic rings. The number of carbonyl (C=O) groups is 1. The van der Waals surface area contributed by atoms with Crippen LogP contribution < -0.4 is 4.74 Å². The van der Waals surface area contributed by atoms with E-state index in [9.17, 15) is 28.1 Å². The van der Waals surface area contributed by atoms with Crippen LogP contribution in [0.2, 0.25) is 0 Å². The number of nitro groups is 1. The summed E-state index contributed by atoms with van der Waals surface area (Å²) in [5, 5.41) is 10.4. The zero-order chi connectivity index (χ0) is 13.2. The number of carbonyl (C=O) groups excluding carboxylic acids is 1. The Kier molecular flexibility index (Phi) is 3.30. The van der Waals surface area contributed by atoms with Gasteiger partial charge in [-0.25, -0.2) is 0 Å². The number of hydrogen-bond donors (Lipinski definition) is 0. The van der Waals surface area contributed by atoms with Crippen molar-refractivity contribution in [2.45, 2.75) is 13.3 Å². The first-order valence-electron chi connectivity index (χ1n) is 4.11. The van der Waals surface area contributed by atoms with E-state index in [0.717, 1.165) is 0 Å². The van der Waals surface area contributed by atoms with Gasteiger partial charge in [-0.15, -0.1) is 13.2 Å². The molecule has 0 fully saturated rings. The molecule has 9 heteroatoms. The minimum atomic E-state index is -5.04. The van der Waals surface area contributed by atoms with Crippen LogP contribution >= 0.6 is 0 Å². The summed E-state index contributed by atoms with van der Waals surface area (Å²) in [5.74, 6) is -1.76. The van der Waals surface area contributed by atoms with Crippen molar-refractivity contribution < 1.29 is 27.6 Å². The van der Waals surface area contributed by atoms with Crippen LogP contribution in [0.1, 0.15) is 16.1 Å². The standard InChI is InChI=1S/C8H5F3N2O4/c1-4-5(3-14)6(17-8(9,10)11)2-7(12-4)13(15)16/h2-3H,1H3. The van der Waals surface area contributed by atoms with Gasteiger partial charge in [-0.2, -0.15) is 0 Å². The predicted molar refractivity (Wildman–Crippen MR) is 47.7 cm³/mol. The van der Waals surface area contributed by atoms with Crippen LogP contribution in [0, 0.1) is 17.0 Å². The number of rotatable bonds is 3. The Morgan fingerprint density at radius 2 is 2.12 bits per heavy atom. The van der Waals surface area contributed by atoms with Gasteiger partial charge in [-0.05, 0) is 9.91 Å². The highest BCUT2D eigenvalue weighted by Gasteiger charge is 2.34. The average molecular weight is 250 g/mol. The lowest BCUT2D eigenvalue weighted by atomic mass is 10.2. The van der Waals surface area contributed by atoms with Crippen LogP contribution in [0.5, 0.6) is 5.75 Å². The molecular formula is C8H5F3N2O4. The maximum absolute atomic E-state index is 12.0. The summed E-state index contributed by atoms with van der Waals surface area (Å²) in [6.07, 6.45) is -4.95. The maximum atomic E-state index is 12.0. The third-order valence-corrected chi connectivity index (χ3v) is 1.73. The third-order valence-electron chi connectivity index (χ3n) is 1.73. The number of alkyl halides is 3. The lowest BCUT2D eigenvalue weighted by Crippen LogP contribution is -2.19. The summed E-state index contributed by atoms with van der Waals surface area (Å²) in [6.45, 7) is 1.17. The van der Waals surface area contributed by atoms with Gasteiger partial charge in [0.1, 0.15) is 5.56 Å². The molecule has 0 aromatic carbocycles. The topological polar surface area (TPSA) is 82.3 Å². The van der Waals surface area contributed by atoms with Gasteiger partial charge in [0.2, 0.25) is 0 Å². The number of ether oxygens (including phenoxy) is 1. The first kappa shape index (κ1) is 12.9. The fourth-order valence-corrected chi connectivity index (χ4v) is 1.08. The fourth-order valence-electron chi connectivity index (χ4n) is 1.08. The monoisotopic (exact) mass is 250 g/mol. The van der Waals surface area contributed by atoms with E-state index in [2.05, 4.69) is 9.72 Å². The van der Waals surface area contributed by atoms with E-state index in [1.807, 2.05) is 0 Å². The van der Waals surface area contributed by atoms with Crippen molar-refractivity contribution in [1.82, 2.24) is 4.98 Å². The molecule has 92 valence electrons. The zero-order valence-corrected chi connectivity index (χ0v) is 8.32. The lowest BCUT2D eigenvalue weighted by Gasteiger charge is -2.10. The SMILES string of the molecule is Cc1nc([N+](=O)[O-])cc(OC(F)(F)F)c1C=O. The van der Waals surface area contributed by atoms with Crippen molar-refractivity contribution in [1.29, 1.82) is 0 Å². The molecule has 0 unspecified atom stereocenters. The molecule has 0 bridgehead atoms. The van der Waals surface area contributed by atoms with Crippen LogP contribution in [0.15, 0.2) is 6.07 Å². The Balaban J connectivity index is 3.34. The van der Waals surface area contributed by atoms with E-state index in [0.29, 0.717) is 6.07 Å². The molecule has 0 amide bonds. The number of halogens is 3. The van der Waals surface area contributed by atoms with Crippen LogP contribution in [-0.2, 0) is 0 Å². The van der Waals surface area contributed by atoms with E-state index >= 15 is 0 Å². The first-order valence-corrected chi connectivity index (χ1v) is 4.11. The Labute approximate surface area is 92.2 Å². The molecule has 6 nitrogen and oxygen atoms in total.